The van der Waals surface area contributed by atoms with Crippen molar-refractivity contribution < 1.29 is 14.5 Å². The zero-order valence-electron chi connectivity index (χ0n) is 13.7. The van der Waals surface area contributed by atoms with E-state index in [1.165, 1.54) is 35.8 Å². The minimum absolute atomic E-state index is 0.0486. The fourth-order valence-corrected chi connectivity index (χ4v) is 3.25. The number of nitrogens with zero attached hydrogens (tertiary/aromatic N) is 3. The second-order valence-electron chi connectivity index (χ2n) is 5.38. The van der Waals surface area contributed by atoms with Crippen molar-refractivity contribution in [2.75, 3.05) is 11.1 Å². The molecular weight excluding hydrogens is 356 g/mol. The van der Waals surface area contributed by atoms with E-state index in [0.717, 1.165) is 11.8 Å². The summed E-state index contributed by atoms with van der Waals surface area (Å²) >= 11 is 1.15. The number of aromatic nitrogens is 2. The van der Waals surface area contributed by atoms with Gasteiger partial charge in [-0.2, -0.15) is 0 Å². The SMILES string of the molecule is CC(=O)n1c(SCC(=O)Nc2ccc([N+](=O)[O-])cc2)nc2ccccc21. The number of nitrogens with one attached hydrogen (secondary N) is 1. The molecule has 9 heteroatoms. The molecule has 0 atom stereocenters. The number of hydrogen-bond donors (Lipinski definition) is 1. The lowest BCUT2D eigenvalue weighted by atomic mass is 10.3. The molecule has 0 aliphatic carbocycles. The quantitative estimate of drug-likeness (QED) is 0.419. The van der Waals surface area contributed by atoms with Gasteiger partial charge in [-0.05, 0) is 24.3 Å². The van der Waals surface area contributed by atoms with Crippen LogP contribution < -0.4 is 5.32 Å². The van der Waals surface area contributed by atoms with E-state index in [1.807, 2.05) is 12.1 Å². The third-order valence-electron chi connectivity index (χ3n) is 3.54. The van der Waals surface area contributed by atoms with Crippen molar-refractivity contribution in [1.29, 1.82) is 0 Å². The van der Waals surface area contributed by atoms with Crippen molar-refractivity contribution in [3.63, 3.8) is 0 Å². The Balaban J connectivity index is 1.69. The highest BCUT2D eigenvalue weighted by Gasteiger charge is 2.15. The van der Waals surface area contributed by atoms with E-state index in [1.54, 1.807) is 12.1 Å². The lowest BCUT2D eigenvalue weighted by molar-refractivity contribution is -0.384. The molecule has 132 valence electrons. The van der Waals surface area contributed by atoms with Gasteiger partial charge >= 0.3 is 0 Å². The molecule has 0 spiro atoms. The largest absolute Gasteiger partial charge is 0.325 e. The molecule has 26 heavy (non-hydrogen) atoms. The Bertz CT molecular complexity index is 998. The first-order valence-corrected chi connectivity index (χ1v) is 8.60. The van der Waals surface area contributed by atoms with Crippen molar-refractivity contribution in [2.45, 2.75) is 12.1 Å². The maximum Gasteiger partial charge on any atom is 0.269 e. The fourth-order valence-electron chi connectivity index (χ4n) is 2.40. The highest BCUT2D eigenvalue weighted by Crippen LogP contribution is 2.24. The average molecular weight is 370 g/mol. The van der Waals surface area contributed by atoms with Gasteiger partial charge < -0.3 is 5.32 Å². The van der Waals surface area contributed by atoms with Crippen molar-refractivity contribution in [3.8, 4) is 0 Å². The van der Waals surface area contributed by atoms with Gasteiger partial charge in [-0.3, -0.25) is 24.3 Å². The first-order chi connectivity index (χ1) is 12.5. The lowest BCUT2D eigenvalue weighted by Crippen LogP contribution is -2.15. The molecule has 0 fully saturated rings. The van der Waals surface area contributed by atoms with Crippen molar-refractivity contribution in [3.05, 3.63) is 58.6 Å². The monoisotopic (exact) mass is 370 g/mol. The second-order valence-corrected chi connectivity index (χ2v) is 6.32. The first kappa shape index (κ1) is 17.6. The highest BCUT2D eigenvalue weighted by atomic mass is 32.2. The molecule has 3 rings (SSSR count). The maximum absolute atomic E-state index is 12.1. The summed E-state index contributed by atoms with van der Waals surface area (Å²) < 4.78 is 1.47. The molecule has 0 unspecified atom stereocenters. The smallest absolute Gasteiger partial charge is 0.269 e. The number of rotatable bonds is 5. The zero-order chi connectivity index (χ0) is 18.7. The Kier molecular flexibility index (Phi) is 4.99. The molecule has 1 amide bonds. The molecule has 0 aliphatic heterocycles. The summed E-state index contributed by atoms with van der Waals surface area (Å²) in [6.45, 7) is 1.44. The Morgan fingerprint density at radius 3 is 2.54 bits per heavy atom. The third-order valence-corrected chi connectivity index (χ3v) is 4.48. The summed E-state index contributed by atoms with van der Waals surface area (Å²) in [7, 11) is 0. The summed E-state index contributed by atoms with van der Waals surface area (Å²) in [4.78, 5) is 38.6. The number of nitro groups is 1. The zero-order valence-corrected chi connectivity index (χ0v) is 14.5. The fraction of sp³-hybridized carbons (Fsp3) is 0.118. The van der Waals surface area contributed by atoms with E-state index >= 15 is 0 Å². The van der Waals surface area contributed by atoms with Crippen LogP contribution in [0.15, 0.2) is 53.7 Å². The molecule has 1 aromatic heterocycles. The first-order valence-electron chi connectivity index (χ1n) is 7.61. The van der Waals surface area contributed by atoms with Gasteiger partial charge in [0.05, 0.1) is 21.7 Å². The summed E-state index contributed by atoms with van der Waals surface area (Å²) in [5.74, 6) is -0.434. The van der Waals surface area contributed by atoms with Crippen molar-refractivity contribution in [2.24, 2.45) is 0 Å². The van der Waals surface area contributed by atoms with Gasteiger partial charge in [0.1, 0.15) is 0 Å². The molecule has 8 nitrogen and oxygen atoms in total. The summed E-state index contributed by atoms with van der Waals surface area (Å²) in [6.07, 6.45) is 0. The van der Waals surface area contributed by atoms with Crippen LogP contribution in [0.4, 0.5) is 11.4 Å². The molecule has 2 aromatic carbocycles. The number of anilines is 1. The number of amides is 1. The Morgan fingerprint density at radius 1 is 1.19 bits per heavy atom. The van der Waals surface area contributed by atoms with Crippen molar-refractivity contribution in [1.82, 2.24) is 9.55 Å². The summed E-state index contributed by atoms with van der Waals surface area (Å²) in [5, 5.41) is 13.7. The van der Waals surface area contributed by atoms with Gasteiger partial charge in [-0.1, -0.05) is 23.9 Å². The average Bonchev–Trinajstić information content (AvgIpc) is 2.99. The normalized spacial score (nSPS) is 10.7. The Morgan fingerprint density at radius 2 is 1.88 bits per heavy atom. The van der Waals surface area contributed by atoms with Gasteiger partial charge in [0.2, 0.25) is 11.8 Å². The van der Waals surface area contributed by atoms with Gasteiger partial charge in [-0.25, -0.2) is 4.98 Å². The molecule has 0 radical (unpaired) electrons. The van der Waals surface area contributed by atoms with Gasteiger partial charge in [-0.15, -0.1) is 0 Å². The number of hydrogen-bond acceptors (Lipinski definition) is 6. The number of para-hydroxylation sites is 2. The van der Waals surface area contributed by atoms with Crippen molar-refractivity contribution >= 4 is 46.0 Å². The highest BCUT2D eigenvalue weighted by molar-refractivity contribution is 7.99. The summed E-state index contributed by atoms with van der Waals surface area (Å²) in [6, 6.07) is 12.8. The Labute approximate surface area is 152 Å². The minimum atomic E-state index is -0.506. The van der Waals surface area contributed by atoms with Crippen LogP contribution in [0, 0.1) is 10.1 Å². The molecule has 3 aromatic rings. The van der Waals surface area contributed by atoms with Gasteiger partial charge in [0.15, 0.2) is 5.16 Å². The Hall–Kier alpha value is -3.20. The molecule has 1 heterocycles. The molecule has 0 aliphatic rings. The predicted octanol–water partition coefficient (Wildman–Crippen LogP) is 3.34. The van der Waals surface area contributed by atoms with E-state index in [4.69, 9.17) is 0 Å². The number of imidazole rings is 1. The predicted molar refractivity (Wildman–Crippen MR) is 98.5 cm³/mol. The number of thioether (sulfide) groups is 1. The number of benzene rings is 2. The number of non-ortho nitro benzene ring substituents is 1. The number of carbonyl (C=O) groups is 2. The third kappa shape index (κ3) is 3.72. The molecule has 0 bridgehead atoms. The van der Waals surface area contributed by atoms with Crippen LogP contribution in [0.25, 0.3) is 11.0 Å². The van der Waals surface area contributed by atoms with Crippen LogP contribution >= 0.6 is 11.8 Å². The maximum atomic E-state index is 12.1. The topological polar surface area (TPSA) is 107 Å². The standard InChI is InChI=1S/C17H14N4O4S/c1-11(22)20-15-5-3-2-4-14(15)19-17(20)26-10-16(23)18-12-6-8-13(9-7-12)21(24)25/h2-9H,10H2,1H3,(H,18,23). The van der Waals surface area contributed by atoms with Crippen LogP contribution in [0.5, 0.6) is 0 Å². The van der Waals surface area contributed by atoms with E-state index < -0.39 is 4.92 Å². The molecule has 0 saturated carbocycles. The molecular formula is C17H14N4O4S. The minimum Gasteiger partial charge on any atom is -0.325 e. The lowest BCUT2D eigenvalue weighted by Gasteiger charge is -2.06. The van der Waals surface area contributed by atoms with Crippen LogP contribution in [0.1, 0.15) is 11.7 Å². The second kappa shape index (κ2) is 7.36. The van der Waals surface area contributed by atoms with Crippen LogP contribution in [0.2, 0.25) is 0 Å². The molecule has 1 N–H and O–H groups in total. The van der Waals surface area contributed by atoms with Crippen LogP contribution in [0.3, 0.4) is 0 Å². The van der Waals surface area contributed by atoms with Crippen LogP contribution in [-0.4, -0.2) is 32.0 Å². The van der Waals surface area contributed by atoms with Gasteiger partial charge in [0.25, 0.3) is 5.69 Å². The van der Waals surface area contributed by atoms with E-state index in [9.17, 15) is 19.7 Å². The van der Waals surface area contributed by atoms with E-state index in [-0.39, 0.29) is 23.3 Å². The van der Waals surface area contributed by atoms with Gasteiger partial charge in [0, 0.05) is 24.7 Å². The van der Waals surface area contributed by atoms with E-state index in [0.29, 0.717) is 21.9 Å². The number of nitro benzene ring substituents is 1. The summed E-state index contributed by atoms with van der Waals surface area (Å²) in [5.41, 5.74) is 1.79. The number of fused-ring (bicyclic) bond motifs is 1. The van der Waals surface area contributed by atoms with E-state index in [2.05, 4.69) is 10.3 Å². The molecule has 0 saturated heterocycles. The number of carbonyl (C=O) groups excluding carboxylic acids is 2. The van der Waals surface area contributed by atoms with Crippen LogP contribution in [-0.2, 0) is 4.79 Å².